The van der Waals surface area contributed by atoms with Crippen LogP contribution >= 0.6 is 0 Å². The van der Waals surface area contributed by atoms with E-state index in [4.69, 9.17) is 10.8 Å². The van der Waals surface area contributed by atoms with Crippen LogP contribution in [0.15, 0.2) is 126 Å². The number of aromatic nitrogens is 1. The van der Waals surface area contributed by atoms with Gasteiger partial charge in [0.05, 0.1) is 22.1 Å². The van der Waals surface area contributed by atoms with Gasteiger partial charge in [-0.25, -0.2) is 0 Å². The van der Waals surface area contributed by atoms with Crippen LogP contribution in [0.2, 0.25) is 0 Å². The van der Waals surface area contributed by atoms with Crippen LogP contribution in [-0.4, -0.2) is 4.57 Å². The first-order chi connectivity index (χ1) is 19.2. The Hall–Kier alpha value is -5.26. The predicted octanol–water partition coefficient (Wildman–Crippen LogP) is 9.82. The number of hydrogen-bond acceptors (Lipinski definition) is 1. The Morgan fingerprint density at radius 2 is 1.26 bits per heavy atom. The maximum atomic E-state index is 6.18. The third-order valence-electron chi connectivity index (χ3n) is 7.48. The van der Waals surface area contributed by atoms with E-state index in [1.54, 1.807) is 6.08 Å². The highest BCUT2D eigenvalue weighted by Crippen LogP contribution is 2.40. The third kappa shape index (κ3) is 3.76. The van der Waals surface area contributed by atoms with Crippen molar-refractivity contribution in [3.05, 3.63) is 133 Å². The Kier molecular flexibility index (Phi) is 5.43. The van der Waals surface area contributed by atoms with E-state index in [1.807, 2.05) is 19.1 Å². The second kappa shape index (κ2) is 9.24. The Morgan fingerprint density at radius 3 is 1.82 bits per heavy atom. The molecule has 0 aliphatic carbocycles. The third-order valence-corrected chi connectivity index (χ3v) is 7.48. The molecule has 2 heterocycles. The predicted molar refractivity (Wildman–Crippen MR) is 164 cm³/mol. The van der Waals surface area contributed by atoms with Crippen molar-refractivity contribution in [3.63, 3.8) is 0 Å². The lowest BCUT2D eigenvalue weighted by molar-refractivity contribution is 0.577. The van der Waals surface area contributed by atoms with Gasteiger partial charge in [0.2, 0.25) is 0 Å². The molecule has 0 N–H and O–H groups in total. The highest BCUT2D eigenvalue weighted by Gasteiger charge is 2.19. The normalized spacial score (nSPS) is 11.6. The quantitative estimate of drug-likeness (QED) is 0.220. The smallest absolute Gasteiger partial charge is 0.137 e. The molecule has 2 aromatic heterocycles. The van der Waals surface area contributed by atoms with Crippen LogP contribution in [0.4, 0.5) is 0 Å². The molecule has 7 rings (SSSR count). The summed E-state index contributed by atoms with van der Waals surface area (Å²) in [7, 11) is 0. The summed E-state index contributed by atoms with van der Waals surface area (Å²) in [4.78, 5) is 0. The Balaban J connectivity index is 1.58. The van der Waals surface area contributed by atoms with Crippen molar-refractivity contribution >= 4 is 38.9 Å². The highest BCUT2D eigenvalue weighted by molar-refractivity contribution is 6.13. The second-order valence-corrected chi connectivity index (χ2v) is 9.75. The molecule has 0 fully saturated rings. The van der Waals surface area contributed by atoms with Crippen LogP contribution in [0, 0.1) is 19.3 Å². The number of benzene rings is 5. The summed E-state index contributed by atoms with van der Waals surface area (Å²) in [5.41, 5.74) is 10.0. The van der Waals surface area contributed by atoms with Crippen molar-refractivity contribution in [2.75, 3.05) is 0 Å². The lowest BCUT2D eigenvalue weighted by atomic mass is 10.0. The number of furan rings is 1. The zero-order chi connectivity index (χ0) is 26.3. The van der Waals surface area contributed by atoms with Crippen LogP contribution in [0.3, 0.4) is 0 Å². The van der Waals surface area contributed by atoms with Crippen LogP contribution in [-0.2, 0) is 0 Å². The van der Waals surface area contributed by atoms with E-state index < -0.39 is 0 Å². The number of allylic oxidation sites excluding steroid dienone is 1. The van der Waals surface area contributed by atoms with Gasteiger partial charge >= 0.3 is 0 Å². The molecule has 2 heteroatoms. The van der Waals surface area contributed by atoms with Crippen LogP contribution in [0.25, 0.3) is 66.8 Å². The fraction of sp³-hybridized carbons (Fsp3) is 0.0270. The average Bonchev–Trinajstić information content (AvgIpc) is 3.49. The van der Waals surface area contributed by atoms with Crippen LogP contribution < -0.4 is 0 Å². The summed E-state index contributed by atoms with van der Waals surface area (Å²) in [6, 6.07) is 40.9. The van der Waals surface area contributed by atoms with Crippen molar-refractivity contribution in [3.8, 4) is 40.3 Å². The zero-order valence-corrected chi connectivity index (χ0v) is 21.6. The molecule has 184 valence electrons. The Labute approximate surface area is 227 Å². The summed E-state index contributed by atoms with van der Waals surface area (Å²) in [5.74, 6) is 3.48. The second-order valence-electron chi connectivity index (χ2n) is 9.75. The average molecular weight is 500 g/mol. The van der Waals surface area contributed by atoms with Crippen molar-refractivity contribution < 1.29 is 4.42 Å². The number of aryl methyl sites for hydroxylation is 1. The lowest BCUT2D eigenvalue weighted by Crippen LogP contribution is -1.95. The summed E-state index contributed by atoms with van der Waals surface area (Å²) in [5, 5.41) is 3.48. The first-order valence-corrected chi connectivity index (χ1v) is 13.1. The summed E-state index contributed by atoms with van der Waals surface area (Å²) in [6.45, 7) is 1.99. The van der Waals surface area contributed by atoms with E-state index in [-0.39, 0.29) is 0 Å². The Bertz CT molecular complexity index is 1970. The summed E-state index contributed by atoms with van der Waals surface area (Å²) < 4.78 is 8.54. The highest BCUT2D eigenvalue weighted by atomic mass is 16.3. The van der Waals surface area contributed by atoms with Gasteiger partial charge in [-0.3, -0.25) is 0 Å². The van der Waals surface area contributed by atoms with Crippen molar-refractivity contribution in [2.24, 2.45) is 0 Å². The van der Waals surface area contributed by atoms with Gasteiger partial charge in [-0.15, -0.1) is 6.42 Å². The van der Waals surface area contributed by atoms with Gasteiger partial charge in [0.25, 0.3) is 0 Å². The first kappa shape index (κ1) is 22.9. The number of terminal acetylenes is 1. The van der Waals surface area contributed by atoms with Crippen molar-refractivity contribution in [2.45, 2.75) is 6.92 Å². The molecule has 39 heavy (non-hydrogen) atoms. The number of nitrogens with zero attached hydrogens (tertiary/aromatic N) is 1. The zero-order valence-electron chi connectivity index (χ0n) is 21.6. The largest absolute Gasteiger partial charge is 0.461 e. The molecular weight excluding hydrogens is 474 g/mol. The molecule has 0 saturated carbocycles. The van der Waals surface area contributed by atoms with Gasteiger partial charge in [0.15, 0.2) is 0 Å². The van der Waals surface area contributed by atoms with E-state index in [9.17, 15) is 0 Å². The van der Waals surface area contributed by atoms with Crippen LogP contribution in [0.5, 0.6) is 0 Å². The standard InChI is InChI=1S/C37H25NO/c1-3-4-16-30-25(2)39-36-18-11-17-35(37(30)36)38-33-21-19-28(26-12-7-5-8-13-26)23-31(33)32-24-29(20-22-34(32)38)27-14-9-6-10-15-27/h1,4-24H,2H3/b16-4-. The molecule has 2 nitrogen and oxygen atoms in total. The maximum Gasteiger partial charge on any atom is 0.137 e. The van der Waals surface area contributed by atoms with E-state index >= 15 is 0 Å². The molecule has 0 spiro atoms. The Morgan fingerprint density at radius 1 is 0.667 bits per heavy atom. The lowest BCUT2D eigenvalue weighted by Gasteiger charge is -2.11. The molecular formula is C37H25NO. The number of hydrogen-bond donors (Lipinski definition) is 0. The SMILES string of the molecule is C#C/C=C\c1c(C)oc2cccc(-n3c4ccc(-c5ccccc5)cc4c4cc(-c5ccccc5)ccc43)c12. The molecule has 5 aromatic carbocycles. The molecule has 7 aromatic rings. The van der Waals surface area contributed by atoms with Gasteiger partial charge in [-0.1, -0.05) is 84.8 Å². The molecule has 0 saturated heterocycles. The van der Waals surface area contributed by atoms with Crippen molar-refractivity contribution in [1.82, 2.24) is 4.57 Å². The fourth-order valence-electron chi connectivity index (χ4n) is 5.69. The topological polar surface area (TPSA) is 18.1 Å². The van der Waals surface area contributed by atoms with Crippen molar-refractivity contribution in [1.29, 1.82) is 0 Å². The molecule has 0 bridgehead atoms. The van der Waals surface area contributed by atoms with Crippen LogP contribution in [0.1, 0.15) is 11.3 Å². The maximum absolute atomic E-state index is 6.18. The molecule has 0 aliphatic rings. The van der Waals surface area contributed by atoms with E-state index in [1.165, 1.54) is 33.0 Å². The minimum atomic E-state index is 0.846. The van der Waals surface area contributed by atoms with E-state index in [0.717, 1.165) is 39.0 Å². The fourth-order valence-corrected chi connectivity index (χ4v) is 5.69. The summed E-state index contributed by atoms with van der Waals surface area (Å²) >= 11 is 0. The summed E-state index contributed by atoms with van der Waals surface area (Å²) in [6.07, 6.45) is 9.28. The molecule has 0 atom stereocenters. The minimum Gasteiger partial charge on any atom is -0.461 e. The molecule has 0 amide bonds. The first-order valence-electron chi connectivity index (χ1n) is 13.1. The number of rotatable bonds is 4. The van der Waals surface area contributed by atoms with Gasteiger partial charge in [0.1, 0.15) is 11.3 Å². The minimum absolute atomic E-state index is 0.846. The molecule has 0 radical (unpaired) electrons. The van der Waals surface area contributed by atoms with E-state index in [2.05, 4.69) is 120 Å². The van der Waals surface area contributed by atoms with Gasteiger partial charge in [-0.2, -0.15) is 0 Å². The monoisotopic (exact) mass is 499 g/mol. The van der Waals surface area contributed by atoms with Gasteiger partial charge in [-0.05, 0) is 77.7 Å². The van der Waals surface area contributed by atoms with Gasteiger partial charge in [0, 0.05) is 16.3 Å². The van der Waals surface area contributed by atoms with Gasteiger partial charge < -0.3 is 8.98 Å². The molecule has 0 unspecified atom stereocenters. The number of fused-ring (bicyclic) bond motifs is 4. The van der Waals surface area contributed by atoms with E-state index in [0.29, 0.717) is 0 Å². The molecule has 0 aliphatic heterocycles.